The van der Waals surface area contributed by atoms with Crippen LogP contribution in [0.25, 0.3) is 0 Å². The number of nitriles is 1. The third-order valence-corrected chi connectivity index (χ3v) is 0.824. The van der Waals surface area contributed by atoms with Gasteiger partial charge in [0.05, 0.1) is 11.8 Å². The second kappa shape index (κ2) is 5.30. The van der Waals surface area contributed by atoms with E-state index in [1.54, 1.807) is 11.1 Å². The Bertz CT molecular complexity index is 200. The highest BCUT2D eigenvalue weighted by atomic mass is 16.6. The van der Waals surface area contributed by atoms with Gasteiger partial charge in [-0.3, -0.25) is 0 Å². The van der Waals surface area contributed by atoms with Crippen LogP contribution < -0.4 is 0 Å². The second-order valence-corrected chi connectivity index (χ2v) is 2.08. The summed E-state index contributed by atoms with van der Waals surface area (Å²) in [5.41, 5.74) is 0.455. The number of nitrogens with zero attached hydrogens (tertiary/aromatic N) is 3. The Morgan fingerprint density at radius 3 is 2.64 bits per heavy atom. The van der Waals surface area contributed by atoms with Crippen molar-refractivity contribution < 1.29 is 4.84 Å². The lowest BCUT2D eigenvalue weighted by Crippen LogP contribution is -2.02. The summed E-state index contributed by atoms with van der Waals surface area (Å²) in [5.74, 6) is 0. The van der Waals surface area contributed by atoms with Crippen LogP contribution in [0.4, 0.5) is 0 Å². The maximum absolute atomic E-state index is 8.51. The van der Waals surface area contributed by atoms with Crippen LogP contribution in [0.15, 0.2) is 16.9 Å². The minimum absolute atomic E-state index is 0.455. The van der Waals surface area contributed by atoms with Crippen LogP contribution in [0, 0.1) is 11.3 Å². The van der Waals surface area contributed by atoms with Gasteiger partial charge in [0.25, 0.3) is 0 Å². The maximum Gasteiger partial charge on any atom is 0.106 e. The molecule has 4 heteroatoms. The van der Waals surface area contributed by atoms with Crippen LogP contribution in [0.2, 0.25) is 0 Å². The van der Waals surface area contributed by atoms with Crippen molar-refractivity contribution in [1.82, 2.24) is 4.90 Å². The van der Waals surface area contributed by atoms with E-state index in [4.69, 9.17) is 5.26 Å². The van der Waals surface area contributed by atoms with E-state index in [0.29, 0.717) is 5.57 Å². The molecule has 0 aromatic carbocycles. The van der Waals surface area contributed by atoms with Gasteiger partial charge in [0.15, 0.2) is 0 Å². The van der Waals surface area contributed by atoms with Crippen molar-refractivity contribution in [3.05, 3.63) is 11.8 Å². The van der Waals surface area contributed by atoms with Gasteiger partial charge in [-0.15, -0.1) is 0 Å². The highest BCUT2D eigenvalue weighted by Crippen LogP contribution is 1.89. The topological polar surface area (TPSA) is 48.6 Å². The lowest BCUT2D eigenvalue weighted by Gasteiger charge is -2.02. The summed E-state index contributed by atoms with van der Waals surface area (Å²) < 4.78 is 0. The molecular formula is C7H11N3O. The SMILES string of the molecule is CO/N=C\C(C#N)=C/N(C)C. The van der Waals surface area contributed by atoms with Crippen LogP contribution in [0.1, 0.15) is 0 Å². The van der Waals surface area contributed by atoms with Gasteiger partial charge in [0.2, 0.25) is 0 Å². The Balaban J connectivity index is 4.20. The van der Waals surface area contributed by atoms with E-state index in [1.807, 2.05) is 20.2 Å². The van der Waals surface area contributed by atoms with Crippen molar-refractivity contribution in [3.63, 3.8) is 0 Å². The lowest BCUT2D eigenvalue weighted by molar-refractivity contribution is 0.215. The van der Waals surface area contributed by atoms with E-state index in [0.717, 1.165) is 0 Å². The van der Waals surface area contributed by atoms with Crippen LogP contribution in [0.3, 0.4) is 0 Å². The van der Waals surface area contributed by atoms with Crippen molar-refractivity contribution >= 4 is 6.21 Å². The normalized spacial score (nSPS) is 11.3. The first-order chi connectivity index (χ1) is 5.20. The molecule has 0 aliphatic heterocycles. The van der Waals surface area contributed by atoms with E-state index < -0.39 is 0 Å². The minimum atomic E-state index is 0.455. The molecule has 0 bridgehead atoms. The second-order valence-electron chi connectivity index (χ2n) is 2.08. The third-order valence-electron chi connectivity index (χ3n) is 0.824. The van der Waals surface area contributed by atoms with Gasteiger partial charge in [-0.1, -0.05) is 5.16 Å². The standard InChI is InChI=1S/C7H11N3O/c1-10(2)6-7(4-8)5-9-11-3/h5-6H,1-3H3/b7-6-,9-5-. The lowest BCUT2D eigenvalue weighted by atomic mass is 10.3. The van der Waals surface area contributed by atoms with Crippen molar-refractivity contribution in [2.24, 2.45) is 5.16 Å². The molecule has 0 aliphatic rings. The van der Waals surface area contributed by atoms with Crippen LogP contribution >= 0.6 is 0 Å². The first kappa shape index (κ1) is 9.50. The summed E-state index contributed by atoms with van der Waals surface area (Å²) >= 11 is 0. The van der Waals surface area contributed by atoms with Gasteiger partial charge in [-0.2, -0.15) is 5.26 Å². The van der Waals surface area contributed by atoms with E-state index in [2.05, 4.69) is 9.99 Å². The fourth-order valence-corrected chi connectivity index (χ4v) is 0.479. The van der Waals surface area contributed by atoms with Gasteiger partial charge in [-0.05, 0) is 0 Å². The maximum atomic E-state index is 8.51. The number of hydrogen-bond acceptors (Lipinski definition) is 4. The molecule has 0 saturated heterocycles. The molecule has 0 unspecified atom stereocenters. The Morgan fingerprint density at radius 1 is 1.64 bits per heavy atom. The molecule has 0 aliphatic carbocycles. The Hall–Kier alpha value is -1.50. The number of allylic oxidation sites excluding steroid dienone is 1. The first-order valence-corrected chi connectivity index (χ1v) is 3.05. The predicted octanol–water partition coefficient (Wildman–Crippen LogP) is 0.588. The summed E-state index contributed by atoms with van der Waals surface area (Å²) in [6, 6.07) is 1.96. The first-order valence-electron chi connectivity index (χ1n) is 3.05. The summed E-state index contributed by atoms with van der Waals surface area (Å²) in [7, 11) is 5.09. The number of hydrogen-bond donors (Lipinski definition) is 0. The Kier molecular flexibility index (Phi) is 4.58. The minimum Gasteiger partial charge on any atom is -0.399 e. The summed E-state index contributed by atoms with van der Waals surface area (Å²) in [4.78, 5) is 6.18. The fraction of sp³-hybridized carbons (Fsp3) is 0.429. The summed E-state index contributed by atoms with van der Waals surface area (Å²) in [6.45, 7) is 0. The predicted molar refractivity (Wildman–Crippen MR) is 42.9 cm³/mol. The Morgan fingerprint density at radius 2 is 2.27 bits per heavy atom. The molecule has 11 heavy (non-hydrogen) atoms. The van der Waals surface area contributed by atoms with Gasteiger partial charge in [0, 0.05) is 20.3 Å². The van der Waals surface area contributed by atoms with Crippen molar-refractivity contribution in [2.75, 3.05) is 21.2 Å². The fourth-order valence-electron chi connectivity index (χ4n) is 0.479. The summed E-state index contributed by atoms with van der Waals surface area (Å²) in [5, 5.41) is 12.0. The molecule has 4 nitrogen and oxygen atoms in total. The molecule has 0 saturated carbocycles. The Labute approximate surface area is 66.4 Å². The van der Waals surface area contributed by atoms with Crippen molar-refractivity contribution in [3.8, 4) is 6.07 Å². The highest BCUT2D eigenvalue weighted by molar-refractivity contribution is 5.82. The molecule has 60 valence electrons. The molecule has 0 aromatic rings. The van der Waals surface area contributed by atoms with E-state index in [1.165, 1.54) is 13.3 Å². The van der Waals surface area contributed by atoms with Gasteiger partial charge in [0.1, 0.15) is 13.2 Å². The smallest absolute Gasteiger partial charge is 0.106 e. The monoisotopic (exact) mass is 153 g/mol. The third kappa shape index (κ3) is 4.97. The van der Waals surface area contributed by atoms with Crippen LogP contribution in [-0.2, 0) is 4.84 Å². The molecule has 0 spiro atoms. The van der Waals surface area contributed by atoms with Crippen LogP contribution in [-0.4, -0.2) is 32.3 Å². The molecule has 0 aromatic heterocycles. The van der Waals surface area contributed by atoms with Crippen LogP contribution in [0.5, 0.6) is 0 Å². The molecule has 0 fully saturated rings. The van der Waals surface area contributed by atoms with Crippen molar-refractivity contribution in [1.29, 1.82) is 5.26 Å². The summed E-state index contributed by atoms with van der Waals surface area (Å²) in [6.07, 6.45) is 3.02. The van der Waals surface area contributed by atoms with Gasteiger partial charge < -0.3 is 9.74 Å². The molecular weight excluding hydrogens is 142 g/mol. The zero-order chi connectivity index (χ0) is 8.69. The van der Waals surface area contributed by atoms with Crippen molar-refractivity contribution in [2.45, 2.75) is 0 Å². The van der Waals surface area contributed by atoms with E-state index in [-0.39, 0.29) is 0 Å². The molecule has 0 radical (unpaired) electrons. The molecule has 0 N–H and O–H groups in total. The molecule has 0 rings (SSSR count). The zero-order valence-corrected chi connectivity index (χ0v) is 6.90. The number of oxime groups is 1. The van der Waals surface area contributed by atoms with E-state index in [9.17, 15) is 0 Å². The van der Waals surface area contributed by atoms with Gasteiger partial charge >= 0.3 is 0 Å². The largest absolute Gasteiger partial charge is 0.399 e. The average molecular weight is 153 g/mol. The highest BCUT2D eigenvalue weighted by Gasteiger charge is 1.89. The molecule has 0 atom stereocenters. The van der Waals surface area contributed by atoms with E-state index >= 15 is 0 Å². The molecule has 0 heterocycles. The average Bonchev–Trinajstić information content (AvgIpc) is 1.97. The molecule has 0 amide bonds. The zero-order valence-electron chi connectivity index (χ0n) is 6.90. The number of rotatable bonds is 3. The van der Waals surface area contributed by atoms with Gasteiger partial charge in [-0.25, -0.2) is 0 Å². The quantitative estimate of drug-likeness (QED) is 0.338.